The summed E-state index contributed by atoms with van der Waals surface area (Å²) < 4.78 is 17.5. The Morgan fingerprint density at radius 2 is 2.55 bits per heavy atom. The van der Waals surface area contributed by atoms with Crippen molar-refractivity contribution in [1.82, 2.24) is 5.16 Å². The van der Waals surface area contributed by atoms with E-state index >= 15 is 0 Å². The highest BCUT2D eigenvalue weighted by Gasteiger charge is 2.42. The average Bonchev–Trinajstić information content (AvgIpc) is 2.53. The predicted octanol–water partition coefficient (Wildman–Crippen LogP) is 1.59. The van der Waals surface area contributed by atoms with E-state index in [1.54, 1.807) is 6.07 Å². The number of halogens is 1. The van der Waals surface area contributed by atoms with Gasteiger partial charge in [-0.25, -0.2) is 4.39 Å². The van der Waals surface area contributed by atoms with Crippen LogP contribution in [0, 0.1) is 0 Å². The summed E-state index contributed by atoms with van der Waals surface area (Å²) >= 11 is 0. The maximum atomic E-state index is 13.0. The molecule has 0 radical (unpaired) electrons. The van der Waals surface area contributed by atoms with E-state index in [0.717, 1.165) is 0 Å². The summed E-state index contributed by atoms with van der Waals surface area (Å²) in [5, 5.41) is 6.44. The molecule has 1 aliphatic carbocycles. The largest absolute Gasteiger partial charge is 0.364 e. The molecule has 1 fully saturated rings. The average molecular weight is 156 g/mol. The quantitative estimate of drug-likeness (QED) is 0.722. The van der Waals surface area contributed by atoms with E-state index in [-0.39, 0.29) is 0 Å². The summed E-state index contributed by atoms with van der Waals surface area (Å²) in [5.41, 5.74) is -0.973. The molecule has 1 aliphatic rings. The fraction of sp³-hybridized carbons (Fsp3) is 0.571. The number of hydrogen-bond donors (Lipinski definition) is 1. The van der Waals surface area contributed by atoms with Gasteiger partial charge in [0.05, 0.1) is 6.54 Å². The summed E-state index contributed by atoms with van der Waals surface area (Å²) in [5.74, 6) is 0.605. The molecule has 2 rings (SSSR count). The lowest BCUT2D eigenvalue weighted by atomic mass is 10.4. The smallest absolute Gasteiger partial charge is 0.169 e. The Bertz CT molecular complexity index is 231. The molecule has 4 heteroatoms. The van der Waals surface area contributed by atoms with Crippen LogP contribution in [0.1, 0.15) is 12.8 Å². The van der Waals surface area contributed by atoms with E-state index in [0.29, 0.717) is 25.2 Å². The lowest BCUT2D eigenvalue weighted by Gasteiger charge is -2.03. The minimum absolute atomic E-state index is 0.347. The molecule has 11 heavy (non-hydrogen) atoms. The molecular formula is C7H9FN2O. The van der Waals surface area contributed by atoms with E-state index < -0.39 is 5.67 Å². The minimum atomic E-state index is -0.973. The Morgan fingerprint density at radius 1 is 1.73 bits per heavy atom. The van der Waals surface area contributed by atoms with Gasteiger partial charge in [0.2, 0.25) is 0 Å². The first kappa shape index (κ1) is 6.64. The Morgan fingerprint density at radius 3 is 3.09 bits per heavy atom. The topological polar surface area (TPSA) is 38.1 Å². The molecule has 0 amide bonds. The van der Waals surface area contributed by atoms with Gasteiger partial charge in [0.25, 0.3) is 0 Å². The van der Waals surface area contributed by atoms with Crippen LogP contribution in [0.2, 0.25) is 0 Å². The Labute approximate surface area is 63.6 Å². The van der Waals surface area contributed by atoms with Crippen LogP contribution in [-0.2, 0) is 0 Å². The summed E-state index contributed by atoms with van der Waals surface area (Å²) in [6.07, 6.45) is 2.79. The highest BCUT2D eigenvalue weighted by atomic mass is 19.1. The van der Waals surface area contributed by atoms with Crippen molar-refractivity contribution < 1.29 is 8.91 Å². The number of nitrogens with zero attached hydrogens (tertiary/aromatic N) is 1. The first-order chi connectivity index (χ1) is 5.29. The Hall–Kier alpha value is -1.06. The van der Waals surface area contributed by atoms with Crippen molar-refractivity contribution in [2.24, 2.45) is 0 Å². The molecule has 0 atom stereocenters. The highest BCUT2D eigenvalue weighted by Crippen LogP contribution is 2.39. The zero-order valence-corrected chi connectivity index (χ0v) is 6.01. The minimum Gasteiger partial charge on any atom is -0.364 e. The number of alkyl halides is 1. The molecule has 0 aromatic carbocycles. The van der Waals surface area contributed by atoms with Gasteiger partial charge in [-0.1, -0.05) is 5.16 Å². The maximum absolute atomic E-state index is 13.0. The number of aromatic nitrogens is 1. The van der Waals surface area contributed by atoms with E-state index in [2.05, 4.69) is 15.0 Å². The molecular weight excluding hydrogens is 147 g/mol. The molecule has 0 unspecified atom stereocenters. The molecule has 1 aromatic heterocycles. The predicted molar refractivity (Wildman–Crippen MR) is 38.1 cm³/mol. The third-order valence-electron chi connectivity index (χ3n) is 1.82. The first-order valence-corrected chi connectivity index (χ1v) is 3.62. The molecule has 0 bridgehead atoms. The van der Waals surface area contributed by atoms with Gasteiger partial charge in [0, 0.05) is 6.07 Å². The number of anilines is 1. The summed E-state index contributed by atoms with van der Waals surface area (Å²) in [7, 11) is 0. The highest BCUT2D eigenvalue weighted by molar-refractivity contribution is 5.31. The first-order valence-electron chi connectivity index (χ1n) is 3.62. The lowest BCUT2D eigenvalue weighted by molar-refractivity contribution is 0.325. The van der Waals surface area contributed by atoms with Gasteiger partial charge in [-0.2, -0.15) is 0 Å². The van der Waals surface area contributed by atoms with Gasteiger partial charge >= 0.3 is 0 Å². The molecule has 1 heterocycles. The summed E-state index contributed by atoms with van der Waals surface area (Å²) in [6, 6.07) is 1.67. The van der Waals surface area contributed by atoms with Crippen molar-refractivity contribution in [3.63, 3.8) is 0 Å². The van der Waals surface area contributed by atoms with Crippen LogP contribution in [-0.4, -0.2) is 17.4 Å². The molecule has 1 aromatic rings. The normalized spacial score (nSPS) is 19.7. The zero-order valence-electron chi connectivity index (χ0n) is 6.01. The number of nitrogens with one attached hydrogen (secondary N) is 1. The molecule has 60 valence electrons. The van der Waals surface area contributed by atoms with Gasteiger partial charge < -0.3 is 9.84 Å². The van der Waals surface area contributed by atoms with Crippen molar-refractivity contribution in [3.05, 3.63) is 12.3 Å². The molecule has 1 saturated carbocycles. The molecule has 1 N–H and O–H groups in total. The monoisotopic (exact) mass is 156 g/mol. The van der Waals surface area contributed by atoms with Crippen LogP contribution in [0.15, 0.2) is 16.9 Å². The number of hydrogen-bond acceptors (Lipinski definition) is 3. The lowest BCUT2D eigenvalue weighted by Crippen LogP contribution is -2.15. The maximum Gasteiger partial charge on any atom is 0.169 e. The molecule has 0 aliphatic heterocycles. The fourth-order valence-corrected chi connectivity index (χ4v) is 0.865. The SMILES string of the molecule is FC1(CNc2ccon2)CC1. The van der Waals surface area contributed by atoms with Gasteiger partial charge in [0.1, 0.15) is 11.9 Å². The van der Waals surface area contributed by atoms with E-state index in [1.165, 1.54) is 6.26 Å². The van der Waals surface area contributed by atoms with Crippen molar-refractivity contribution in [2.75, 3.05) is 11.9 Å². The van der Waals surface area contributed by atoms with Crippen LogP contribution < -0.4 is 5.32 Å². The van der Waals surface area contributed by atoms with Crippen molar-refractivity contribution >= 4 is 5.82 Å². The zero-order chi connectivity index (χ0) is 7.73. The van der Waals surface area contributed by atoms with Gasteiger partial charge in [-0.05, 0) is 12.8 Å². The number of rotatable bonds is 3. The van der Waals surface area contributed by atoms with E-state index in [9.17, 15) is 4.39 Å². The van der Waals surface area contributed by atoms with Gasteiger partial charge in [-0.3, -0.25) is 0 Å². The van der Waals surface area contributed by atoms with Crippen LogP contribution in [0.3, 0.4) is 0 Å². The third kappa shape index (κ3) is 1.50. The Balaban J connectivity index is 1.83. The van der Waals surface area contributed by atoms with Gasteiger partial charge in [-0.15, -0.1) is 0 Å². The fourth-order valence-electron chi connectivity index (χ4n) is 0.865. The molecule has 0 saturated heterocycles. The molecule has 0 spiro atoms. The third-order valence-corrected chi connectivity index (χ3v) is 1.82. The second-order valence-corrected chi connectivity index (χ2v) is 2.89. The second kappa shape index (κ2) is 2.22. The van der Waals surface area contributed by atoms with Crippen LogP contribution in [0.5, 0.6) is 0 Å². The van der Waals surface area contributed by atoms with Crippen molar-refractivity contribution in [1.29, 1.82) is 0 Å². The van der Waals surface area contributed by atoms with Crippen LogP contribution >= 0.6 is 0 Å². The van der Waals surface area contributed by atoms with Crippen molar-refractivity contribution in [2.45, 2.75) is 18.5 Å². The van der Waals surface area contributed by atoms with Crippen molar-refractivity contribution in [3.8, 4) is 0 Å². The van der Waals surface area contributed by atoms with E-state index in [4.69, 9.17) is 0 Å². The summed E-state index contributed by atoms with van der Waals surface area (Å²) in [6.45, 7) is 0.347. The van der Waals surface area contributed by atoms with E-state index in [1.807, 2.05) is 0 Å². The van der Waals surface area contributed by atoms with Crippen LogP contribution in [0.4, 0.5) is 10.2 Å². The molecule has 3 nitrogen and oxygen atoms in total. The Kier molecular flexibility index (Phi) is 1.34. The second-order valence-electron chi connectivity index (χ2n) is 2.89. The summed E-state index contributed by atoms with van der Waals surface area (Å²) in [4.78, 5) is 0. The van der Waals surface area contributed by atoms with Crippen LogP contribution in [0.25, 0.3) is 0 Å². The van der Waals surface area contributed by atoms with Gasteiger partial charge in [0.15, 0.2) is 5.82 Å². The standard InChI is InChI=1S/C7H9FN2O/c8-7(2-3-7)5-9-6-1-4-11-10-6/h1,4H,2-3,5H2,(H,9,10).